The van der Waals surface area contributed by atoms with Gasteiger partial charge in [-0.1, -0.05) is 18.7 Å². The van der Waals surface area contributed by atoms with Crippen LogP contribution >= 0.6 is 0 Å². The summed E-state index contributed by atoms with van der Waals surface area (Å²) in [5, 5.41) is 2.91. The lowest BCUT2D eigenvalue weighted by atomic mass is 9.98. The van der Waals surface area contributed by atoms with Gasteiger partial charge in [0.05, 0.1) is 0 Å². The van der Waals surface area contributed by atoms with E-state index in [1.165, 1.54) is 24.3 Å². The predicted molar refractivity (Wildman–Crippen MR) is 83.3 cm³/mol. The van der Waals surface area contributed by atoms with E-state index in [0.717, 1.165) is 12.1 Å². The van der Waals surface area contributed by atoms with Crippen LogP contribution in [0.4, 0.5) is 17.6 Å². The third-order valence-corrected chi connectivity index (χ3v) is 4.63. The molecule has 1 heterocycles. The van der Waals surface area contributed by atoms with Crippen LogP contribution in [0.5, 0.6) is 5.75 Å². The standard InChI is InChI=1S/C16H11F4NO3S/c1-9-13-7-14(10-2-4-12(17)5-3-10)15(6-11(13)8-21-9)24-25(22,23)16(18,19)20/h2-7,21H,1,8H2. The molecule has 0 fully saturated rings. The average molecular weight is 373 g/mol. The van der Waals surface area contributed by atoms with Crippen molar-refractivity contribution >= 4 is 15.8 Å². The highest BCUT2D eigenvalue weighted by molar-refractivity contribution is 7.88. The van der Waals surface area contributed by atoms with Gasteiger partial charge in [-0.3, -0.25) is 0 Å². The van der Waals surface area contributed by atoms with E-state index in [4.69, 9.17) is 0 Å². The molecular formula is C16H11F4NO3S. The van der Waals surface area contributed by atoms with Gasteiger partial charge >= 0.3 is 15.6 Å². The fourth-order valence-electron chi connectivity index (χ4n) is 2.44. The predicted octanol–water partition coefficient (Wildman–Crippen LogP) is 3.80. The third kappa shape index (κ3) is 3.19. The molecule has 2 aromatic carbocycles. The minimum Gasteiger partial charge on any atom is -0.381 e. The molecule has 132 valence electrons. The second-order valence-corrected chi connectivity index (χ2v) is 6.87. The molecule has 0 atom stereocenters. The Bertz CT molecular complexity index is 951. The molecule has 25 heavy (non-hydrogen) atoms. The summed E-state index contributed by atoms with van der Waals surface area (Å²) < 4.78 is 78.2. The van der Waals surface area contributed by atoms with Gasteiger partial charge < -0.3 is 9.50 Å². The highest BCUT2D eigenvalue weighted by Crippen LogP contribution is 2.39. The second-order valence-electron chi connectivity index (χ2n) is 5.33. The van der Waals surface area contributed by atoms with Crippen molar-refractivity contribution in [3.05, 3.63) is 59.9 Å². The number of benzene rings is 2. The number of alkyl halides is 3. The van der Waals surface area contributed by atoms with Crippen molar-refractivity contribution in [2.24, 2.45) is 0 Å². The molecule has 0 unspecified atom stereocenters. The molecule has 9 heteroatoms. The van der Waals surface area contributed by atoms with Crippen molar-refractivity contribution in [2.75, 3.05) is 0 Å². The smallest absolute Gasteiger partial charge is 0.381 e. The first-order valence-electron chi connectivity index (χ1n) is 6.95. The van der Waals surface area contributed by atoms with Crippen LogP contribution in [0.1, 0.15) is 11.1 Å². The van der Waals surface area contributed by atoms with Crippen molar-refractivity contribution < 1.29 is 30.2 Å². The Morgan fingerprint density at radius 2 is 1.72 bits per heavy atom. The van der Waals surface area contributed by atoms with Crippen molar-refractivity contribution in [1.82, 2.24) is 5.32 Å². The largest absolute Gasteiger partial charge is 0.534 e. The van der Waals surface area contributed by atoms with Crippen molar-refractivity contribution in [2.45, 2.75) is 12.1 Å². The van der Waals surface area contributed by atoms with E-state index in [1.54, 1.807) is 0 Å². The Kier molecular flexibility index (Phi) is 3.98. The van der Waals surface area contributed by atoms with Crippen LogP contribution in [0.2, 0.25) is 0 Å². The van der Waals surface area contributed by atoms with Gasteiger partial charge in [0, 0.05) is 23.4 Å². The summed E-state index contributed by atoms with van der Waals surface area (Å²) in [4.78, 5) is 0. The van der Waals surface area contributed by atoms with Gasteiger partial charge in [-0.15, -0.1) is 0 Å². The number of rotatable bonds is 3. The van der Waals surface area contributed by atoms with Crippen molar-refractivity contribution in [1.29, 1.82) is 0 Å². The zero-order valence-electron chi connectivity index (χ0n) is 12.5. The van der Waals surface area contributed by atoms with Gasteiger partial charge in [0.2, 0.25) is 0 Å². The summed E-state index contributed by atoms with van der Waals surface area (Å²) in [7, 11) is -5.84. The van der Waals surface area contributed by atoms with Gasteiger partial charge in [0.15, 0.2) is 5.75 Å². The molecule has 0 spiro atoms. The maximum atomic E-state index is 13.1. The molecule has 3 rings (SSSR count). The Morgan fingerprint density at radius 1 is 1.08 bits per heavy atom. The molecule has 1 aliphatic heterocycles. The van der Waals surface area contributed by atoms with E-state index in [9.17, 15) is 26.0 Å². The first kappa shape index (κ1) is 17.3. The Labute approximate surface area is 140 Å². The zero-order valence-corrected chi connectivity index (χ0v) is 13.3. The minimum absolute atomic E-state index is 0.0800. The quantitative estimate of drug-likeness (QED) is 0.505. The molecule has 0 amide bonds. The van der Waals surface area contributed by atoms with Crippen LogP contribution in [0.3, 0.4) is 0 Å². The molecule has 1 N–H and O–H groups in total. The molecule has 0 saturated heterocycles. The first-order chi connectivity index (χ1) is 11.6. The van der Waals surface area contributed by atoms with Crippen LogP contribution in [-0.4, -0.2) is 13.9 Å². The molecule has 2 aromatic rings. The maximum absolute atomic E-state index is 13.1. The lowest BCUT2D eigenvalue weighted by Gasteiger charge is -2.15. The lowest BCUT2D eigenvalue weighted by molar-refractivity contribution is -0.0499. The number of nitrogens with one attached hydrogen (secondary N) is 1. The van der Waals surface area contributed by atoms with Crippen LogP contribution in [0, 0.1) is 5.82 Å². The van der Waals surface area contributed by atoms with Crippen molar-refractivity contribution in [3.8, 4) is 16.9 Å². The second kappa shape index (κ2) is 5.76. The Morgan fingerprint density at radius 3 is 2.32 bits per heavy atom. The minimum atomic E-state index is -5.84. The average Bonchev–Trinajstić information content (AvgIpc) is 2.86. The summed E-state index contributed by atoms with van der Waals surface area (Å²) in [6, 6.07) is 7.52. The van der Waals surface area contributed by atoms with E-state index in [1.807, 2.05) is 0 Å². The monoisotopic (exact) mass is 373 g/mol. The maximum Gasteiger partial charge on any atom is 0.534 e. The van der Waals surface area contributed by atoms with Gasteiger partial charge in [-0.25, -0.2) is 4.39 Å². The van der Waals surface area contributed by atoms with Gasteiger partial charge in [0.25, 0.3) is 0 Å². The van der Waals surface area contributed by atoms with Crippen molar-refractivity contribution in [3.63, 3.8) is 0 Å². The molecule has 0 aliphatic carbocycles. The highest BCUT2D eigenvalue weighted by Gasteiger charge is 2.49. The third-order valence-electron chi connectivity index (χ3n) is 3.66. The van der Waals surface area contributed by atoms with Gasteiger partial charge in [-0.05, 0) is 35.4 Å². The summed E-state index contributed by atoms with van der Waals surface area (Å²) in [6.45, 7) is 4.06. The van der Waals surface area contributed by atoms with Gasteiger partial charge in [-0.2, -0.15) is 21.6 Å². The van der Waals surface area contributed by atoms with E-state index in [-0.39, 0.29) is 12.1 Å². The van der Waals surface area contributed by atoms with E-state index in [0.29, 0.717) is 22.4 Å². The molecule has 0 aromatic heterocycles. The van der Waals surface area contributed by atoms with E-state index < -0.39 is 27.2 Å². The summed E-state index contributed by atoms with van der Waals surface area (Å²) >= 11 is 0. The van der Waals surface area contributed by atoms with Crippen LogP contribution in [0.25, 0.3) is 16.8 Å². The lowest BCUT2D eigenvalue weighted by Crippen LogP contribution is -2.28. The number of halogens is 4. The molecule has 0 bridgehead atoms. The topological polar surface area (TPSA) is 55.4 Å². The van der Waals surface area contributed by atoms with E-state index in [2.05, 4.69) is 16.1 Å². The normalized spacial score (nSPS) is 14.2. The SMILES string of the molecule is C=C1NCc2cc(OS(=O)(=O)C(F)(F)F)c(-c3ccc(F)cc3)cc21. The van der Waals surface area contributed by atoms with Gasteiger partial charge in [0.1, 0.15) is 5.82 Å². The highest BCUT2D eigenvalue weighted by atomic mass is 32.2. The number of fused-ring (bicyclic) bond motifs is 1. The zero-order chi connectivity index (χ0) is 18.4. The van der Waals surface area contributed by atoms with Crippen LogP contribution in [0.15, 0.2) is 43.0 Å². The molecular weight excluding hydrogens is 362 g/mol. The first-order valence-corrected chi connectivity index (χ1v) is 8.36. The Balaban J connectivity index is 2.17. The Hall–Kier alpha value is -2.55. The number of hydrogen-bond donors (Lipinski definition) is 1. The molecule has 0 radical (unpaired) electrons. The fraction of sp³-hybridized carbons (Fsp3) is 0.125. The molecule has 4 nitrogen and oxygen atoms in total. The molecule has 0 saturated carbocycles. The number of hydrogen-bond acceptors (Lipinski definition) is 4. The summed E-state index contributed by atoms with van der Waals surface area (Å²) in [6.07, 6.45) is 0. The fourth-order valence-corrected chi connectivity index (χ4v) is 2.90. The van der Waals surface area contributed by atoms with Crippen LogP contribution < -0.4 is 9.50 Å². The van der Waals surface area contributed by atoms with Crippen LogP contribution in [-0.2, 0) is 16.7 Å². The summed E-state index contributed by atoms with van der Waals surface area (Å²) in [5.74, 6) is -1.03. The van der Waals surface area contributed by atoms with E-state index >= 15 is 0 Å². The molecule has 1 aliphatic rings. The summed E-state index contributed by atoms with van der Waals surface area (Å²) in [5.41, 5.74) is -3.47.